The van der Waals surface area contributed by atoms with E-state index in [4.69, 9.17) is 16.3 Å². The van der Waals surface area contributed by atoms with E-state index in [2.05, 4.69) is 28.6 Å². The van der Waals surface area contributed by atoms with Gasteiger partial charge in [-0.1, -0.05) is 11.6 Å². The number of hydrogen-bond donors (Lipinski definition) is 1. The molecule has 0 aliphatic rings. The molecular formula is C9H8BrClO2S. The fraction of sp³-hybridized carbons (Fsp3) is 0.222. The lowest BCUT2D eigenvalue weighted by atomic mass is 10.2. The van der Waals surface area contributed by atoms with Crippen LogP contribution in [0.2, 0.25) is 5.02 Å². The summed E-state index contributed by atoms with van der Waals surface area (Å²) in [5, 5.41) is 0.355. The van der Waals surface area contributed by atoms with Crippen molar-refractivity contribution >= 4 is 46.1 Å². The molecule has 1 rings (SSSR count). The minimum atomic E-state index is -0.430. The van der Waals surface area contributed by atoms with Crippen molar-refractivity contribution in [2.45, 2.75) is 11.8 Å². The first-order valence-electron chi connectivity index (χ1n) is 3.91. The predicted octanol–water partition coefficient (Wildman–Crippen LogP) is 3.57. The summed E-state index contributed by atoms with van der Waals surface area (Å²) in [6.07, 6.45) is 0. The third-order valence-corrected chi connectivity index (χ3v) is 3.18. The summed E-state index contributed by atoms with van der Waals surface area (Å²) in [7, 11) is 0. The van der Waals surface area contributed by atoms with Crippen molar-refractivity contribution in [2.75, 3.05) is 6.61 Å². The van der Waals surface area contributed by atoms with E-state index in [0.717, 1.165) is 4.47 Å². The molecule has 1 aromatic rings. The van der Waals surface area contributed by atoms with E-state index < -0.39 is 5.97 Å². The molecule has 0 unspecified atom stereocenters. The lowest BCUT2D eigenvalue weighted by molar-refractivity contribution is 0.0526. The van der Waals surface area contributed by atoms with Gasteiger partial charge in [0.15, 0.2) is 0 Å². The second-order valence-corrected chi connectivity index (χ2v) is 4.25. The Labute approximate surface area is 101 Å². The summed E-state index contributed by atoms with van der Waals surface area (Å²) in [5.41, 5.74) is 0.335. The maximum absolute atomic E-state index is 11.4. The van der Waals surface area contributed by atoms with Gasteiger partial charge in [-0.2, -0.15) is 0 Å². The molecule has 0 bridgehead atoms. The van der Waals surface area contributed by atoms with Crippen LogP contribution in [0.25, 0.3) is 0 Å². The molecule has 2 nitrogen and oxygen atoms in total. The number of carbonyl (C=O) groups excluding carboxylic acids is 1. The Hall–Kier alpha value is -0.190. The highest BCUT2D eigenvalue weighted by Crippen LogP contribution is 2.28. The van der Waals surface area contributed by atoms with Crippen LogP contribution < -0.4 is 0 Å². The van der Waals surface area contributed by atoms with E-state index in [-0.39, 0.29) is 0 Å². The Morgan fingerprint density at radius 2 is 2.29 bits per heavy atom. The van der Waals surface area contributed by atoms with E-state index in [1.807, 2.05) is 0 Å². The van der Waals surface area contributed by atoms with Crippen LogP contribution in [-0.2, 0) is 4.74 Å². The second kappa shape index (κ2) is 5.05. The fourth-order valence-electron chi connectivity index (χ4n) is 0.903. The third-order valence-electron chi connectivity index (χ3n) is 1.53. The smallest absolute Gasteiger partial charge is 0.339 e. The Bertz CT molecular complexity index is 368. The van der Waals surface area contributed by atoms with E-state index in [9.17, 15) is 4.79 Å². The summed E-state index contributed by atoms with van der Waals surface area (Å²) < 4.78 is 5.58. The number of rotatable bonds is 2. The first-order chi connectivity index (χ1) is 6.56. The molecule has 5 heteroatoms. The molecule has 0 aliphatic carbocycles. The average molecular weight is 296 g/mol. The van der Waals surface area contributed by atoms with Crippen LogP contribution in [0.15, 0.2) is 21.5 Å². The molecule has 0 amide bonds. The minimum absolute atomic E-state index is 0.327. The zero-order valence-electron chi connectivity index (χ0n) is 7.38. The predicted molar refractivity (Wildman–Crippen MR) is 62.4 cm³/mol. The van der Waals surface area contributed by atoms with Gasteiger partial charge in [0.25, 0.3) is 0 Å². The lowest BCUT2D eigenvalue weighted by Crippen LogP contribution is -2.05. The number of carbonyl (C=O) groups is 1. The molecule has 0 saturated heterocycles. The van der Waals surface area contributed by atoms with Crippen molar-refractivity contribution in [3.05, 3.63) is 27.2 Å². The molecule has 0 atom stereocenters. The summed E-state index contributed by atoms with van der Waals surface area (Å²) in [6.45, 7) is 2.07. The molecule has 0 N–H and O–H groups in total. The maximum Gasteiger partial charge on any atom is 0.339 e. The third kappa shape index (κ3) is 2.65. The van der Waals surface area contributed by atoms with Crippen molar-refractivity contribution in [3.63, 3.8) is 0 Å². The Kier molecular flexibility index (Phi) is 4.29. The Morgan fingerprint density at radius 3 is 2.86 bits per heavy atom. The van der Waals surface area contributed by atoms with Gasteiger partial charge in [0.2, 0.25) is 0 Å². The monoisotopic (exact) mass is 294 g/mol. The Morgan fingerprint density at radius 1 is 1.64 bits per heavy atom. The zero-order valence-corrected chi connectivity index (χ0v) is 10.6. The van der Waals surface area contributed by atoms with Crippen LogP contribution >= 0.6 is 40.2 Å². The summed E-state index contributed by atoms with van der Waals surface area (Å²) in [6, 6.07) is 3.20. The molecule has 14 heavy (non-hydrogen) atoms. The van der Waals surface area contributed by atoms with Crippen molar-refractivity contribution < 1.29 is 9.53 Å². The van der Waals surface area contributed by atoms with Gasteiger partial charge < -0.3 is 4.74 Å². The summed E-state index contributed by atoms with van der Waals surface area (Å²) in [5.74, 6) is -0.430. The quantitative estimate of drug-likeness (QED) is 0.667. The van der Waals surface area contributed by atoms with Crippen LogP contribution in [0.5, 0.6) is 0 Å². The van der Waals surface area contributed by atoms with Crippen molar-refractivity contribution in [1.29, 1.82) is 0 Å². The van der Waals surface area contributed by atoms with Gasteiger partial charge in [0, 0.05) is 9.37 Å². The van der Waals surface area contributed by atoms with Crippen molar-refractivity contribution in [3.8, 4) is 0 Å². The first kappa shape index (κ1) is 11.9. The molecular weight excluding hydrogens is 288 g/mol. The minimum Gasteiger partial charge on any atom is -0.462 e. The number of hydrogen-bond acceptors (Lipinski definition) is 3. The van der Waals surface area contributed by atoms with Crippen molar-refractivity contribution in [1.82, 2.24) is 0 Å². The highest BCUT2D eigenvalue weighted by molar-refractivity contribution is 9.10. The van der Waals surface area contributed by atoms with Gasteiger partial charge in [-0.3, -0.25) is 0 Å². The highest BCUT2D eigenvalue weighted by atomic mass is 79.9. The van der Waals surface area contributed by atoms with Crippen LogP contribution in [0, 0.1) is 0 Å². The van der Waals surface area contributed by atoms with Gasteiger partial charge in [-0.05, 0) is 35.0 Å². The van der Waals surface area contributed by atoms with Crippen LogP contribution in [0.1, 0.15) is 17.3 Å². The molecule has 0 fully saturated rings. The number of halogens is 2. The molecule has 1 aromatic carbocycles. The second-order valence-electron chi connectivity index (χ2n) is 2.50. The molecule has 0 heterocycles. The average Bonchev–Trinajstić information content (AvgIpc) is 2.11. The van der Waals surface area contributed by atoms with Gasteiger partial charge in [-0.15, -0.1) is 12.6 Å². The number of thiol groups is 1. The molecule has 0 saturated carbocycles. The van der Waals surface area contributed by atoms with E-state index in [1.165, 1.54) is 0 Å². The van der Waals surface area contributed by atoms with E-state index in [0.29, 0.717) is 22.1 Å². The fourth-order valence-corrected chi connectivity index (χ4v) is 1.81. The van der Waals surface area contributed by atoms with Crippen LogP contribution in [0.4, 0.5) is 0 Å². The normalized spacial score (nSPS) is 10.0. The van der Waals surface area contributed by atoms with E-state index in [1.54, 1.807) is 19.1 Å². The maximum atomic E-state index is 11.4. The molecule has 76 valence electrons. The van der Waals surface area contributed by atoms with Gasteiger partial charge >= 0.3 is 5.97 Å². The molecule has 0 aliphatic heterocycles. The highest BCUT2D eigenvalue weighted by Gasteiger charge is 2.13. The topological polar surface area (TPSA) is 26.3 Å². The lowest BCUT2D eigenvalue weighted by Gasteiger charge is -2.05. The Balaban J connectivity index is 3.09. The molecule has 0 aromatic heterocycles. The summed E-state index contributed by atoms with van der Waals surface area (Å²) in [4.78, 5) is 12.0. The number of benzene rings is 1. The van der Waals surface area contributed by atoms with Crippen molar-refractivity contribution in [2.24, 2.45) is 0 Å². The van der Waals surface area contributed by atoms with Gasteiger partial charge in [0.1, 0.15) is 0 Å². The van der Waals surface area contributed by atoms with Crippen LogP contribution in [0.3, 0.4) is 0 Å². The first-order valence-corrected chi connectivity index (χ1v) is 5.53. The number of ether oxygens (including phenoxy) is 1. The van der Waals surface area contributed by atoms with Crippen LogP contribution in [-0.4, -0.2) is 12.6 Å². The van der Waals surface area contributed by atoms with E-state index >= 15 is 0 Å². The summed E-state index contributed by atoms with van der Waals surface area (Å²) >= 11 is 13.3. The SMILES string of the molecule is CCOC(=O)c1cc(S)c(Br)cc1Cl. The largest absolute Gasteiger partial charge is 0.462 e. The standard InChI is InChI=1S/C9H8BrClO2S/c1-2-13-9(12)5-3-8(14)6(10)4-7(5)11/h3-4,14H,2H2,1H3. The molecule has 0 spiro atoms. The zero-order chi connectivity index (χ0) is 10.7. The van der Waals surface area contributed by atoms with Gasteiger partial charge in [-0.25, -0.2) is 4.79 Å². The van der Waals surface area contributed by atoms with Gasteiger partial charge in [0.05, 0.1) is 17.2 Å². The molecule has 0 radical (unpaired) electrons. The number of esters is 1.